The van der Waals surface area contributed by atoms with Crippen molar-refractivity contribution in [1.29, 1.82) is 0 Å². The molecule has 1 saturated heterocycles. The van der Waals surface area contributed by atoms with Gasteiger partial charge >= 0.3 is 12.4 Å². The van der Waals surface area contributed by atoms with E-state index in [0.29, 0.717) is 31.2 Å². The Morgan fingerprint density at radius 1 is 1.03 bits per heavy atom. The van der Waals surface area contributed by atoms with Gasteiger partial charge < -0.3 is 23.8 Å². The van der Waals surface area contributed by atoms with E-state index in [1.165, 1.54) is 0 Å². The van der Waals surface area contributed by atoms with E-state index >= 15 is 0 Å². The fraction of sp³-hybridized carbons (Fsp3) is 0.412. The van der Waals surface area contributed by atoms with E-state index < -0.39 is 51.6 Å². The van der Waals surface area contributed by atoms with Crippen LogP contribution in [0.25, 0.3) is 11.3 Å². The number of hydrogen-bond donors (Lipinski definition) is 3. The van der Waals surface area contributed by atoms with Crippen molar-refractivity contribution >= 4 is 22.4 Å². The van der Waals surface area contributed by atoms with Crippen LogP contribution in [0.5, 0.6) is 0 Å². The van der Waals surface area contributed by atoms with Crippen molar-refractivity contribution in [2.75, 3.05) is 23.1 Å². The molecule has 1 atom stereocenters. The smallest absolute Gasteiger partial charge is 0.419 e. The Hall–Kier alpha value is -1.95. The second-order valence-electron chi connectivity index (χ2n) is 6.77. The van der Waals surface area contributed by atoms with Crippen molar-refractivity contribution in [3.63, 3.8) is 0 Å². The molecule has 1 aromatic carbocycles. The number of hydrogen-bond acceptors (Lipinski definition) is 7. The predicted molar refractivity (Wildman–Crippen MR) is 99.3 cm³/mol. The van der Waals surface area contributed by atoms with E-state index in [2.05, 4.69) is 20.8 Å². The molecule has 2 heterocycles. The summed E-state index contributed by atoms with van der Waals surface area (Å²) in [4.78, 5) is 0. The first kappa shape index (κ1) is 26.3. The Bertz CT molecular complexity index is 1020. The number of benzene rings is 1. The maximum absolute atomic E-state index is 13.6. The minimum atomic E-state index is -4.84. The molecule has 0 amide bonds. The van der Waals surface area contributed by atoms with Crippen LogP contribution in [0.1, 0.15) is 24.0 Å². The summed E-state index contributed by atoms with van der Waals surface area (Å²) in [5.74, 6) is -0.515. The molecule has 1 radical (unpaired) electrons. The van der Waals surface area contributed by atoms with E-state index in [9.17, 15) is 34.8 Å². The molecule has 2 aromatic rings. The van der Waals surface area contributed by atoms with E-state index in [1.807, 2.05) is 0 Å². The molecule has 1 fully saturated rings. The first-order valence-electron chi connectivity index (χ1n) is 8.95. The van der Waals surface area contributed by atoms with Crippen LogP contribution in [-0.2, 0) is 52.1 Å². The minimum absolute atomic E-state index is 0. The van der Waals surface area contributed by atoms with Gasteiger partial charge in [-0.05, 0) is 37.6 Å². The van der Waals surface area contributed by atoms with Crippen molar-refractivity contribution in [1.82, 2.24) is 15.5 Å². The van der Waals surface area contributed by atoms with E-state index in [4.69, 9.17) is 0 Å². The van der Waals surface area contributed by atoms with Crippen molar-refractivity contribution in [3.8, 4) is 11.3 Å². The summed E-state index contributed by atoms with van der Waals surface area (Å²) in [6.07, 6.45) is -8.24. The Morgan fingerprint density at radius 3 is 2.31 bits per heavy atom. The van der Waals surface area contributed by atoms with Gasteiger partial charge in [0.2, 0.25) is 0 Å². The molecular weight excluding hydrogens is 638 g/mol. The van der Waals surface area contributed by atoms with Crippen LogP contribution >= 0.6 is 0 Å². The first-order chi connectivity index (χ1) is 14.4. The third-order valence-corrected chi connectivity index (χ3v) is 4.94. The van der Waals surface area contributed by atoms with Crippen molar-refractivity contribution in [3.05, 3.63) is 35.4 Å². The zero-order valence-corrected chi connectivity index (χ0v) is 19.5. The molecule has 0 aliphatic carbocycles. The van der Waals surface area contributed by atoms with Gasteiger partial charge in [-0.25, -0.2) is 0 Å². The van der Waals surface area contributed by atoms with Crippen LogP contribution in [0.2, 0.25) is 0 Å². The van der Waals surface area contributed by atoms with Crippen LogP contribution < -0.4 is 15.4 Å². The molecule has 0 bridgehead atoms. The quantitative estimate of drug-likeness (QED) is 0.334. The summed E-state index contributed by atoms with van der Waals surface area (Å²) in [5.41, 5.74) is -3.67. The van der Waals surface area contributed by atoms with E-state index in [0.717, 1.165) is 19.0 Å². The Kier molecular flexibility index (Phi) is 8.49. The minimum Gasteiger partial charge on any atom is -0.419 e. The van der Waals surface area contributed by atoms with Gasteiger partial charge in [-0.3, -0.25) is 0 Å². The largest absolute Gasteiger partial charge is 0.420 e. The summed E-state index contributed by atoms with van der Waals surface area (Å²) < 4.78 is 104. The maximum Gasteiger partial charge on any atom is 0.420 e. The van der Waals surface area contributed by atoms with Crippen molar-refractivity contribution in [2.45, 2.75) is 31.2 Å². The average Bonchev–Trinajstić information content (AvgIpc) is 2.67. The second kappa shape index (κ2) is 10.3. The molecule has 1 aliphatic rings. The van der Waals surface area contributed by atoms with Gasteiger partial charge in [-0.1, -0.05) is 6.07 Å². The number of anilines is 2. The molecule has 15 heteroatoms. The fourth-order valence-electron chi connectivity index (χ4n) is 3.13. The molecule has 1 unspecified atom stereocenters. The maximum atomic E-state index is 13.6. The molecule has 1 aromatic heterocycles. The Labute approximate surface area is 194 Å². The summed E-state index contributed by atoms with van der Waals surface area (Å²) in [6.45, 7) is 1.18. The number of nitrogens with zero attached hydrogens (tertiary/aromatic N) is 2. The van der Waals surface area contributed by atoms with Crippen LogP contribution in [0, 0.1) is 0 Å². The van der Waals surface area contributed by atoms with Gasteiger partial charge in [0.15, 0.2) is 5.82 Å². The average molecular weight is 655 g/mol. The molecular formula is C17H16F6N5O2ReS-. The summed E-state index contributed by atoms with van der Waals surface area (Å²) in [5, 5.41) is 13.0. The fourth-order valence-corrected chi connectivity index (χ4v) is 3.48. The van der Waals surface area contributed by atoms with Crippen molar-refractivity contribution < 1.29 is 55.2 Å². The molecule has 32 heavy (non-hydrogen) atoms. The number of aromatic nitrogens is 2. The van der Waals surface area contributed by atoms with Crippen LogP contribution in [-0.4, -0.2) is 29.3 Å². The van der Waals surface area contributed by atoms with Crippen LogP contribution in [0.15, 0.2) is 24.3 Å². The third-order valence-electron chi connectivity index (χ3n) is 4.55. The topological polar surface area (TPSA) is 96.0 Å². The van der Waals surface area contributed by atoms with Gasteiger partial charge in [0, 0.05) is 55.2 Å². The normalized spacial score (nSPS) is 17.0. The molecule has 3 rings (SSSR count). The molecule has 177 valence electrons. The molecule has 7 nitrogen and oxygen atoms in total. The zero-order chi connectivity index (χ0) is 22.8. The monoisotopic (exact) mass is 655 g/mol. The Morgan fingerprint density at radius 2 is 1.75 bits per heavy atom. The van der Waals surface area contributed by atoms with Crippen molar-refractivity contribution in [2.24, 2.45) is 0 Å². The summed E-state index contributed by atoms with van der Waals surface area (Å²) in [7, 11) is -3.02. The van der Waals surface area contributed by atoms with Crippen LogP contribution in [0.3, 0.4) is 0 Å². The third kappa shape index (κ3) is 6.53. The second-order valence-corrected chi connectivity index (χ2v) is 7.45. The van der Waals surface area contributed by atoms with Crippen LogP contribution in [0.4, 0.5) is 37.8 Å². The molecule has 0 spiro atoms. The molecule has 0 saturated carbocycles. The summed E-state index contributed by atoms with van der Waals surface area (Å²) in [6, 6.07) is 2.23. The SMILES string of the molecule is O=[S-](=O)Nc1cc(C(F)(F)F)ccc1-c1cc(C(F)(F)F)c(NC2CCCNC2)nn1.[Re]. The summed E-state index contributed by atoms with van der Waals surface area (Å²) >= 11 is 0. The number of halogens is 6. The standard InChI is InChI=1S/C17H16F6N5O2S.Re/c18-16(19,20)9-3-4-11(14(6-9)28-31(29)30)13-7-12(17(21,22)23)15(27-26-13)25-10-2-1-5-24-8-10;/h3-4,6-7,10,24H,1-2,5,8H2,(H,25,27)(H,28,29,30);/q-1;. The van der Waals surface area contributed by atoms with Gasteiger partial charge in [-0.15, -0.1) is 10.2 Å². The zero-order valence-electron chi connectivity index (χ0n) is 16.0. The number of rotatable bonds is 5. The first-order valence-corrected chi connectivity index (χ1v) is 10.0. The van der Waals surface area contributed by atoms with Gasteiger partial charge in [0.25, 0.3) is 0 Å². The Balaban J connectivity index is 0.00000363. The van der Waals surface area contributed by atoms with E-state index in [-0.39, 0.29) is 32.0 Å². The van der Waals surface area contributed by atoms with Gasteiger partial charge in [-0.2, -0.15) is 26.3 Å². The van der Waals surface area contributed by atoms with Gasteiger partial charge in [0.05, 0.1) is 11.3 Å². The number of nitrogens with one attached hydrogen (secondary N) is 3. The number of alkyl halides is 6. The molecule has 3 N–H and O–H groups in total. The van der Waals surface area contributed by atoms with E-state index in [1.54, 1.807) is 4.72 Å². The predicted octanol–water partition coefficient (Wildman–Crippen LogP) is 3.98. The number of piperidine rings is 1. The van der Waals surface area contributed by atoms with Gasteiger partial charge in [0.1, 0.15) is 5.56 Å². The molecule has 1 aliphatic heterocycles.